The van der Waals surface area contributed by atoms with Crippen LogP contribution >= 0.6 is 11.3 Å². The van der Waals surface area contributed by atoms with E-state index in [2.05, 4.69) is 16.1 Å². The smallest absolute Gasteiger partial charge is 0.264 e. The lowest BCUT2D eigenvalue weighted by Crippen LogP contribution is -2.48. The average molecular weight is 451 g/mol. The molecule has 0 N–H and O–H groups in total. The van der Waals surface area contributed by atoms with Crippen molar-refractivity contribution in [2.45, 2.75) is 6.92 Å². The number of aryl methyl sites for hydroxylation is 1. The molecule has 0 atom stereocenters. The summed E-state index contributed by atoms with van der Waals surface area (Å²) in [5.74, 6) is 0.586. The summed E-state index contributed by atoms with van der Waals surface area (Å²) in [7, 11) is 1.66. The van der Waals surface area contributed by atoms with Gasteiger partial charge < -0.3 is 14.5 Å². The van der Waals surface area contributed by atoms with E-state index in [4.69, 9.17) is 4.74 Å². The summed E-state index contributed by atoms with van der Waals surface area (Å²) < 4.78 is 20.4. The fourth-order valence-corrected chi connectivity index (χ4v) is 5.19. The minimum absolute atomic E-state index is 0.0431. The summed E-state index contributed by atoms with van der Waals surface area (Å²) in [5, 5.41) is 5.54. The number of amides is 1. The van der Waals surface area contributed by atoms with E-state index in [1.807, 2.05) is 36.1 Å². The third-order valence-electron chi connectivity index (χ3n) is 5.81. The Morgan fingerprint density at radius 2 is 1.78 bits per heavy atom. The van der Waals surface area contributed by atoms with Gasteiger partial charge in [0.05, 0.1) is 23.4 Å². The molecule has 0 saturated carbocycles. The van der Waals surface area contributed by atoms with Crippen molar-refractivity contribution in [2.75, 3.05) is 38.2 Å². The second-order valence-corrected chi connectivity index (χ2v) is 8.81. The maximum Gasteiger partial charge on any atom is 0.264 e. The van der Waals surface area contributed by atoms with Gasteiger partial charge in [-0.25, -0.2) is 9.07 Å². The first-order valence-corrected chi connectivity index (χ1v) is 11.3. The zero-order valence-electron chi connectivity index (χ0n) is 17.9. The Morgan fingerprint density at radius 1 is 1.03 bits per heavy atom. The number of aromatic nitrogens is 2. The first-order valence-electron chi connectivity index (χ1n) is 10.5. The molecule has 6 nitrogen and oxygen atoms in total. The highest BCUT2D eigenvalue weighted by Crippen LogP contribution is 2.31. The third kappa shape index (κ3) is 3.71. The Kier molecular flexibility index (Phi) is 5.30. The monoisotopic (exact) mass is 450 g/mol. The summed E-state index contributed by atoms with van der Waals surface area (Å²) >= 11 is 1.43. The number of carbonyl (C=O) groups excluding carboxylic acids is 1. The molecule has 0 spiro atoms. The number of thiophene rings is 1. The first-order chi connectivity index (χ1) is 15.5. The van der Waals surface area contributed by atoms with Crippen LogP contribution in [0.5, 0.6) is 5.75 Å². The average Bonchev–Trinajstić information content (AvgIpc) is 3.40. The van der Waals surface area contributed by atoms with Gasteiger partial charge in [-0.2, -0.15) is 5.10 Å². The largest absolute Gasteiger partial charge is 0.497 e. The standard InChI is InChI=1S/C24H23FN4O2S/c1-16-21-15-22(32-24(21)29(26-16)18-8-6-17(25)7-9-18)23(30)28-12-10-27(11-13-28)19-4-3-5-20(14-19)31-2/h3-9,14-15H,10-13H2,1-2H3. The van der Waals surface area contributed by atoms with E-state index < -0.39 is 0 Å². The number of rotatable bonds is 4. The molecule has 1 fully saturated rings. The summed E-state index contributed by atoms with van der Waals surface area (Å²) in [6, 6.07) is 16.2. The van der Waals surface area contributed by atoms with Crippen LogP contribution in [-0.2, 0) is 0 Å². The van der Waals surface area contributed by atoms with Gasteiger partial charge in [0.25, 0.3) is 5.91 Å². The van der Waals surface area contributed by atoms with Gasteiger partial charge >= 0.3 is 0 Å². The SMILES string of the molecule is COc1cccc(N2CCN(C(=O)c3cc4c(C)nn(-c5ccc(F)cc5)c4s3)CC2)c1. The van der Waals surface area contributed by atoms with E-state index in [-0.39, 0.29) is 11.7 Å². The van der Waals surface area contributed by atoms with Crippen molar-refractivity contribution in [2.24, 2.45) is 0 Å². The van der Waals surface area contributed by atoms with Crippen LogP contribution in [0, 0.1) is 12.7 Å². The summed E-state index contributed by atoms with van der Waals surface area (Å²) in [6.07, 6.45) is 0. The van der Waals surface area contributed by atoms with Gasteiger partial charge in [-0.15, -0.1) is 11.3 Å². The lowest BCUT2D eigenvalue weighted by Gasteiger charge is -2.36. The van der Waals surface area contributed by atoms with E-state index >= 15 is 0 Å². The van der Waals surface area contributed by atoms with Crippen molar-refractivity contribution < 1.29 is 13.9 Å². The van der Waals surface area contributed by atoms with E-state index in [9.17, 15) is 9.18 Å². The van der Waals surface area contributed by atoms with E-state index in [1.54, 1.807) is 23.9 Å². The van der Waals surface area contributed by atoms with Crippen molar-refractivity contribution in [1.82, 2.24) is 14.7 Å². The summed E-state index contributed by atoms with van der Waals surface area (Å²) in [5.41, 5.74) is 2.73. The molecule has 2 aromatic carbocycles. The Bertz CT molecular complexity index is 1270. The van der Waals surface area contributed by atoms with Crippen LogP contribution in [0.15, 0.2) is 54.6 Å². The molecule has 164 valence electrons. The summed E-state index contributed by atoms with van der Waals surface area (Å²) in [6.45, 7) is 4.79. The fraction of sp³-hybridized carbons (Fsp3) is 0.250. The molecule has 8 heteroatoms. The molecule has 32 heavy (non-hydrogen) atoms. The van der Waals surface area contributed by atoms with Gasteiger partial charge in [-0.1, -0.05) is 6.07 Å². The number of anilines is 1. The Balaban J connectivity index is 1.34. The van der Waals surface area contributed by atoms with Crippen molar-refractivity contribution in [1.29, 1.82) is 0 Å². The molecular weight excluding hydrogens is 427 g/mol. The Morgan fingerprint density at radius 3 is 2.50 bits per heavy atom. The van der Waals surface area contributed by atoms with E-state index in [0.29, 0.717) is 18.0 Å². The Hall–Kier alpha value is -3.39. The number of carbonyl (C=O) groups is 1. The van der Waals surface area contributed by atoms with Gasteiger partial charge in [-0.05, 0) is 49.4 Å². The molecule has 5 rings (SSSR count). The maximum atomic E-state index is 13.3. The molecule has 1 amide bonds. The lowest BCUT2D eigenvalue weighted by molar-refractivity contribution is 0.0751. The molecule has 0 radical (unpaired) electrons. The number of benzene rings is 2. The van der Waals surface area contributed by atoms with Crippen molar-refractivity contribution >= 4 is 33.1 Å². The first kappa shape index (κ1) is 20.5. The lowest BCUT2D eigenvalue weighted by atomic mass is 10.2. The number of ether oxygens (including phenoxy) is 1. The van der Waals surface area contributed by atoms with Crippen LogP contribution < -0.4 is 9.64 Å². The molecule has 1 saturated heterocycles. The molecule has 1 aliphatic rings. The van der Waals surface area contributed by atoms with Gasteiger partial charge in [0.1, 0.15) is 16.4 Å². The van der Waals surface area contributed by atoms with Gasteiger partial charge in [-0.3, -0.25) is 4.79 Å². The van der Waals surface area contributed by atoms with Crippen molar-refractivity contribution in [3.05, 3.63) is 71.0 Å². The van der Waals surface area contributed by atoms with Gasteiger partial charge in [0.15, 0.2) is 0 Å². The van der Waals surface area contributed by atoms with Crippen LogP contribution in [0.1, 0.15) is 15.4 Å². The molecule has 0 bridgehead atoms. The van der Waals surface area contributed by atoms with Gasteiger partial charge in [0, 0.05) is 43.3 Å². The van der Waals surface area contributed by atoms with E-state index in [1.165, 1.54) is 23.5 Å². The predicted molar refractivity (Wildman–Crippen MR) is 125 cm³/mol. The predicted octanol–water partition coefficient (Wildman–Crippen LogP) is 4.51. The number of hydrogen-bond donors (Lipinski definition) is 0. The number of hydrogen-bond acceptors (Lipinski definition) is 5. The fourth-order valence-electron chi connectivity index (χ4n) is 4.04. The molecule has 0 unspecified atom stereocenters. The van der Waals surface area contributed by atoms with Crippen LogP contribution in [0.25, 0.3) is 15.9 Å². The minimum Gasteiger partial charge on any atom is -0.497 e. The topological polar surface area (TPSA) is 50.6 Å². The highest BCUT2D eigenvalue weighted by molar-refractivity contribution is 7.20. The van der Waals surface area contributed by atoms with Crippen molar-refractivity contribution in [3.8, 4) is 11.4 Å². The van der Waals surface area contributed by atoms with E-state index in [0.717, 1.165) is 46.1 Å². The van der Waals surface area contributed by atoms with Crippen molar-refractivity contribution in [3.63, 3.8) is 0 Å². The number of halogens is 1. The Labute approximate surface area is 189 Å². The maximum absolute atomic E-state index is 13.3. The van der Waals surface area contributed by atoms with Crippen LogP contribution in [0.2, 0.25) is 0 Å². The molecule has 2 aromatic heterocycles. The zero-order valence-corrected chi connectivity index (χ0v) is 18.7. The molecule has 1 aliphatic heterocycles. The van der Waals surface area contributed by atoms with Crippen LogP contribution in [0.3, 0.4) is 0 Å². The van der Waals surface area contributed by atoms with Gasteiger partial charge in [0.2, 0.25) is 0 Å². The number of fused-ring (bicyclic) bond motifs is 1. The highest BCUT2D eigenvalue weighted by Gasteiger charge is 2.25. The second kappa shape index (κ2) is 8.27. The molecule has 4 aromatic rings. The second-order valence-electron chi connectivity index (χ2n) is 7.78. The quantitative estimate of drug-likeness (QED) is 0.459. The summed E-state index contributed by atoms with van der Waals surface area (Å²) in [4.78, 5) is 19.0. The van der Waals surface area contributed by atoms with Crippen LogP contribution in [-0.4, -0.2) is 53.9 Å². The highest BCUT2D eigenvalue weighted by atomic mass is 32.1. The normalized spacial score (nSPS) is 14.2. The molecule has 3 heterocycles. The van der Waals surface area contributed by atoms with Crippen LogP contribution in [0.4, 0.5) is 10.1 Å². The number of nitrogens with zero attached hydrogens (tertiary/aromatic N) is 4. The molecule has 0 aliphatic carbocycles. The zero-order chi connectivity index (χ0) is 22.2. The third-order valence-corrected chi connectivity index (χ3v) is 6.91. The molecular formula is C24H23FN4O2S. The number of methoxy groups -OCH3 is 1. The number of piperazine rings is 1. The minimum atomic E-state index is -0.288.